The van der Waals surface area contributed by atoms with Gasteiger partial charge in [-0.2, -0.15) is 0 Å². The van der Waals surface area contributed by atoms with E-state index >= 15 is 0 Å². The molecule has 0 saturated heterocycles. The van der Waals surface area contributed by atoms with Gasteiger partial charge in [0.2, 0.25) is 0 Å². The molecular formula is C10H15N3. The molecule has 1 fully saturated rings. The molecule has 1 aliphatic carbocycles. The highest BCUT2D eigenvalue weighted by molar-refractivity contribution is 5.39. The molecule has 0 bridgehead atoms. The zero-order chi connectivity index (χ0) is 9.42. The molecule has 0 aliphatic heterocycles. The summed E-state index contributed by atoms with van der Waals surface area (Å²) in [7, 11) is 3.98. The minimum atomic E-state index is 0.368. The Bertz CT molecular complexity index is 292. The largest absolute Gasteiger partial charge is 0.363 e. The third-order valence-electron chi connectivity index (χ3n) is 2.50. The van der Waals surface area contributed by atoms with Gasteiger partial charge in [0.15, 0.2) is 0 Å². The van der Waals surface area contributed by atoms with Crippen LogP contribution in [0.5, 0.6) is 0 Å². The van der Waals surface area contributed by atoms with Crippen LogP contribution >= 0.6 is 0 Å². The van der Waals surface area contributed by atoms with Crippen LogP contribution in [-0.2, 0) is 0 Å². The van der Waals surface area contributed by atoms with E-state index in [1.54, 1.807) is 0 Å². The summed E-state index contributed by atoms with van der Waals surface area (Å²) < 4.78 is 0. The Morgan fingerprint density at radius 3 is 2.54 bits per heavy atom. The van der Waals surface area contributed by atoms with Gasteiger partial charge in [-0.05, 0) is 18.1 Å². The number of hydrogen-bond donors (Lipinski definition) is 1. The van der Waals surface area contributed by atoms with Gasteiger partial charge >= 0.3 is 0 Å². The van der Waals surface area contributed by atoms with E-state index in [2.05, 4.69) is 11.1 Å². The molecule has 1 aromatic rings. The van der Waals surface area contributed by atoms with Gasteiger partial charge in [-0.3, -0.25) is 0 Å². The minimum absolute atomic E-state index is 0.368. The van der Waals surface area contributed by atoms with Gasteiger partial charge in [-0.1, -0.05) is 6.07 Å². The third-order valence-corrected chi connectivity index (χ3v) is 2.50. The van der Waals surface area contributed by atoms with Gasteiger partial charge in [-0.25, -0.2) is 4.98 Å². The molecule has 2 rings (SSSR count). The third kappa shape index (κ3) is 1.65. The Morgan fingerprint density at radius 1 is 1.46 bits per heavy atom. The van der Waals surface area contributed by atoms with Crippen molar-refractivity contribution in [2.75, 3.05) is 19.0 Å². The van der Waals surface area contributed by atoms with Crippen LogP contribution in [0.25, 0.3) is 0 Å². The molecule has 2 atom stereocenters. The maximum atomic E-state index is 5.76. The van der Waals surface area contributed by atoms with Crippen molar-refractivity contribution >= 4 is 5.82 Å². The number of nitrogens with zero attached hydrogens (tertiary/aromatic N) is 2. The monoisotopic (exact) mass is 177 g/mol. The maximum absolute atomic E-state index is 5.76. The molecule has 0 aromatic carbocycles. The fraction of sp³-hybridized carbons (Fsp3) is 0.500. The molecule has 13 heavy (non-hydrogen) atoms. The van der Waals surface area contributed by atoms with E-state index < -0.39 is 0 Å². The number of pyridine rings is 1. The SMILES string of the molecule is CN(C)c1ccc([C@@H]2C[C@H]2N)cn1. The molecule has 3 heteroatoms. The van der Waals surface area contributed by atoms with Crippen LogP contribution in [0.15, 0.2) is 18.3 Å². The zero-order valence-corrected chi connectivity index (χ0v) is 8.07. The van der Waals surface area contributed by atoms with Gasteiger partial charge in [0.25, 0.3) is 0 Å². The molecule has 0 spiro atoms. The summed E-state index contributed by atoms with van der Waals surface area (Å²) in [6.45, 7) is 0. The number of nitrogens with two attached hydrogens (primary N) is 1. The van der Waals surface area contributed by atoms with Crippen molar-refractivity contribution in [1.82, 2.24) is 4.98 Å². The van der Waals surface area contributed by atoms with Crippen molar-refractivity contribution < 1.29 is 0 Å². The van der Waals surface area contributed by atoms with Gasteiger partial charge in [-0.15, -0.1) is 0 Å². The van der Waals surface area contributed by atoms with E-state index in [1.165, 1.54) is 5.56 Å². The highest BCUT2D eigenvalue weighted by atomic mass is 15.1. The van der Waals surface area contributed by atoms with Gasteiger partial charge < -0.3 is 10.6 Å². The lowest BCUT2D eigenvalue weighted by Gasteiger charge is -2.10. The van der Waals surface area contributed by atoms with Crippen molar-refractivity contribution in [3.05, 3.63) is 23.9 Å². The highest BCUT2D eigenvalue weighted by Crippen LogP contribution is 2.38. The van der Waals surface area contributed by atoms with Crippen LogP contribution in [0, 0.1) is 0 Å². The van der Waals surface area contributed by atoms with Crippen molar-refractivity contribution in [3.63, 3.8) is 0 Å². The van der Waals surface area contributed by atoms with E-state index in [1.807, 2.05) is 31.3 Å². The van der Waals surface area contributed by atoms with Crippen molar-refractivity contribution in [2.24, 2.45) is 5.73 Å². The number of hydrogen-bond acceptors (Lipinski definition) is 3. The Balaban J connectivity index is 2.14. The zero-order valence-electron chi connectivity index (χ0n) is 8.07. The first-order valence-corrected chi connectivity index (χ1v) is 4.57. The average Bonchev–Trinajstić information content (AvgIpc) is 2.83. The summed E-state index contributed by atoms with van der Waals surface area (Å²) >= 11 is 0. The summed E-state index contributed by atoms with van der Waals surface area (Å²) in [6, 6.07) is 4.53. The van der Waals surface area contributed by atoms with Gasteiger partial charge in [0.1, 0.15) is 5.82 Å². The first-order valence-electron chi connectivity index (χ1n) is 4.57. The normalized spacial score (nSPS) is 25.8. The van der Waals surface area contributed by atoms with E-state index in [9.17, 15) is 0 Å². The molecule has 2 N–H and O–H groups in total. The van der Waals surface area contributed by atoms with E-state index in [4.69, 9.17) is 5.73 Å². The molecular weight excluding hydrogens is 162 g/mol. The van der Waals surface area contributed by atoms with Crippen LogP contribution in [0.1, 0.15) is 17.9 Å². The molecule has 0 amide bonds. The quantitative estimate of drug-likeness (QED) is 0.731. The minimum Gasteiger partial charge on any atom is -0.363 e. The summed E-state index contributed by atoms with van der Waals surface area (Å²) in [5.41, 5.74) is 7.03. The summed E-state index contributed by atoms with van der Waals surface area (Å²) in [5, 5.41) is 0. The molecule has 0 unspecified atom stereocenters. The second-order valence-electron chi connectivity index (χ2n) is 3.85. The Hall–Kier alpha value is -1.09. The Morgan fingerprint density at radius 2 is 2.15 bits per heavy atom. The number of rotatable bonds is 2. The topological polar surface area (TPSA) is 42.1 Å². The lowest BCUT2D eigenvalue weighted by Crippen LogP contribution is -2.10. The first-order chi connectivity index (χ1) is 6.18. The fourth-order valence-electron chi connectivity index (χ4n) is 1.48. The molecule has 1 saturated carbocycles. The second-order valence-corrected chi connectivity index (χ2v) is 3.85. The molecule has 1 heterocycles. The molecule has 1 aromatic heterocycles. The van der Waals surface area contributed by atoms with Crippen LogP contribution < -0.4 is 10.6 Å². The lowest BCUT2D eigenvalue weighted by atomic mass is 10.2. The molecule has 70 valence electrons. The van der Waals surface area contributed by atoms with Gasteiger partial charge in [0.05, 0.1) is 0 Å². The second kappa shape index (κ2) is 3.00. The molecule has 1 aliphatic rings. The van der Waals surface area contributed by atoms with Crippen LogP contribution in [-0.4, -0.2) is 25.1 Å². The molecule has 0 radical (unpaired) electrons. The summed E-state index contributed by atoms with van der Waals surface area (Å²) in [6.07, 6.45) is 3.05. The van der Waals surface area contributed by atoms with E-state index in [0.29, 0.717) is 12.0 Å². The van der Waals surface area contributed by atoms with Gasteiger partial charge in [0, 0.05) is 32.3 Å². The van der Waals surface area contributed by atoms with E-state index in [-0.39, 0.29) is 0 Å². The summed E-state index contributed by atoms with van der Waals surface area (Å²) in [4.78, 5) is 6.34. The maximum Gasteiger partial charge on any atom is 0.127 e. The van der Waals surface area contributed by atoms with Crippen molar-refractivity contribution in [3.8, 4) is 0 Å². The Labute approximate surface area is 78.6 Å². The predicted molar refractivity (Wildman–Crippen MR) is 53.9 cm³/mol. The molecule has 3 nitrogen and oxygen atoms in total. The standard InChI is InChI=1S/C10H15N3/c1-13(2)10-4-3-7(6-12-10)8-5-9(8)11/h3-4,6,8-9H,5,11H2,1-2H3/t8-,9+/m0/s1. The number of anilines is 1. The first kappa shape index (κ1) is 8.51. The van der Waals surface area contributed by atoms with Crippen molar-refractivity contribution in [2.45, 2.75) is 18.4 Å². The average molecular weight is 177 g/mol. The summed E-state index contributed by atoms with van der Waals surface area (Å²) in [5.74, 6) is 1.56. The Kier molecular flexibility index (Phi) is 1.96. The predicted octanol–water partition coefficient (Wildman–Crippen LogP) is 0.962. The van der Waals surface area contributed by atoms with E-state index in [0.717, 1.165) is 12.2 Å². The highest BCUT2D eigenvalue weighted by Gasteiger charge is 2.34. The van der Waals surface area contributed by atoms with Crippen molar-refractivity contribution in [1.29, 1.82) is 0 Å². The van der Waals surface area contributed by atoms with Crippen LogP contribution in [0.4, 0.5) is 5.82 Å². The van der Waals surface area contributed by atoms with Crippen LogP contribution in [0.2, 0.25) is 0 Å². The lowest BCUT2D eigenvalue weighted by molar-refractivity contribution is 0.972. The van der Waals surface area contributed by atoms with Crippen LogP contribution in [0.3, 0.4) is 0 Å². The fourth-order valence-corrected chi connectivity index (χ4v) is 1.48. The number of aromatic nitrogens is 1. The smallest absolute Gasteiger partial charge is 0.127 e.